The molecule has 0 saturated heterocycles. The molecule has 0 bridgehead atoms. The van der Waals surface area contributed by atoms with Crippen LogP contribution in [0, 0.1) is 6.92 Å². The Morgan fingerprint density at radius 2 is 1.69 bits per heavy atom. The number of rotatable bonds is 9. The third-order valence-electron chi connectivity index (χ3n) is 4.22. The molecule has 4 heteroatoms. The topological polar surface area (TPSA) is 38.3 Å². The molecule has 0 aliphatic rings. The van der Waals surface area contributed by atoms with Crippen molar-refractivity contribution in [1.82, 2.24) is 5.32 Å². The van der Waals surface area contributed by atoms with Gasteiger partial charge in [0.2, 0.25) is 0 Å². The maximum atomic E-state index is 12.7. The lowest BCUT2D eigenvalue weighted by Gasteiger charge is -2.22. The second-order valence-electron chi connectivity index (χ2n) is 8.03. The third-order valence-corrected chi connectivity index (χ3v) is 5.46. The van der Waals surface area contributed by atoms with Gasteiger partial charge in [-0.05, 0) is 43.4 Å². The van der Waals surface area contributed by atoms with E-state index in [4.69, 9.17) is 4.74 Å². The van der Waals surface area contributed by atoms with E-state index in [0.29, 0.717) is 6.42 Å². The van der Waals surface area contributed by atoms with E-state index in [9.17, 15) is 4.79 Å². The highest BCUT2D eigenvalue weighted by atomic mass is 28.3. The largest absolute Gasteiger partial charge is 0.480 e. The van der Waals surface area contributed by atoms with Crippen LogP contribution in [0.2, 0.25) is 19.6 Å². The first-order chi connectivity index (χ1) is 12.3. The number of para-hydroxylation sites is 1. The highest BCUT2D eigenvalue weighted by molar-refractivity contribution is 6.76. The molecule has 0 fully saturated rings. The van der Waals surface area contributed by atoms with Crippen LogP contribution in [0.25, 0.3) is 0 Å². The molecule has 26 heavy (non-hydrogen) atoms. The maximum absolute atomic E-state index is 12.7. The van der Waals surface area contributed by atoms with Gasteiger partial charge in [-0.1, -0.05) is 68.2 Å². The maximum Gasteiger partial charge on any atom is 0.260 e. The van der Waals surface area contributed by atoms with Crippen molar-refractivity contribution in [2.45, 2.75) is 51.9 Å². The predicted molar refractivity (Wildman–Crippen MR) is 111 cm³/mol. The lowest BCUT2D eigenvalue weighted by atomic mass is 10.1. The van der Waals surface area contributed by atoms with E-state index in [0.717, 1.165) is 30.3 Å². The van der Waals surface area contributed by atoms with Crippen molar-refractivity contribution in [3.8, 4) is 5.75 Å². The van der Waals surface area contributed by atoms with Crippen molar-refractivity contribution in [1.29, 1.82) is 0 Å². The van der Waals surface area contributed by atoms with E-state index in [1.807, 2.05) is 37.3 Å². The summed E-state index contributed by atoms with van der Waals surface area (Å²) < 4.78 is 6.11. The number of nitrogens with one attached hydrogen (secondary N) is 1. The van der Waals surface area contributed by atoms with Gasteiger partial charge in [-0.3, -0.25) is 4.79 Å². The van der Waals surface area contributed by atoms with Gasteiger partial charge < -0.3 is 10.1 Å². The van der Waals surface area contributed by atoms with Crippen LogP contribution >= 0.6 is 0 Å². The van der Waals surface area contributed by atoms with Crippen molar-refractivity contribution in [2.75, 3.05) is 6.17 Å². The molecule has 2 aromatic carbocycles. The van der Waals surface area contributed by atoms with Gasteiger partial charge >= 0.3 is 0 Å². The summed E-state index contributed by atoms with van der Waals surface area (Å²) in [7, 11) is -1.34. The minimum Gasteiger partial charge on any atom is -0.480 e. The lowest BCUT2D eigenvalue weighted by Crippen LogP contribution is -2.45. The number of ether oxygens (including phenoxy) is 1. The van der Waals surface area contributed by atoms with E-state index < -0.39 is 14.2 Å². The van der Waals surface area contributed by atoms with Gasteiger partial charge in [-0.2, -0.15) is 0 Å². The minimum atomic E-state index is -1.34. The van der Waals surface area contributed by atoms with Crippen LogP contribution in [0.1, 0.15) is 24.0 Å². The zero-order valence-electron chi connectivity index (χ0n) is 16.4. The fraction of sp³-hybridized carbons (Fsp3) is 0.409. The summed E-state index contributed by atoms with van der Waals surface area (Å²) in [6.07, 6.45) is 2.91. The Morgan fingerprint density at radius 1 is 1.04 bits per heavy atom. The molecule has 140 valence electrons. The number of hydrogen-bond acceptors (Lipinski definition) is 2. The molecule has 1 amide bonds. The van der Waals surface area contributed by atoms with Gasteiger partial charge in [0.1, 0.15) is 5.75 Å². The summed E-state index contributed by atoms with van der Waals surface area (Å²) in [5.74, 6) is 0.795. The van der Waals surface area contributed by atoms with Crippen LogP contribution in [0.4, 0.5) is 0 Å². The van der Waals surface area contributed by atoms with Gasteiger partial charge in [-0.25, -0.2) is 0 Å². The smallest absolute Gasteiger partial charge is 0.260 e. The van der Waals surface area contributed by atoms with Crippen LogP contribution in [-0.2, 0) is 11.2 Å². The highest BCUT2D eigenvalue weighted by Gasteiger charge is 2.23. The molecule has 1 atom stereocenters. The molecule has 0 radical (unpaired) electrons. The molecule has 0 aromatic heterocycles. The number of carbonyl (C=O) groups is 1. The number of hydrogen-bond donors (Lipinski definition) is 1. The van der Waals surface area contributed by atoms with Crippen molar-refractivity contribution in [3.05, 3.63) is 65.7 Å². The van der Waals surface area contributed by atoms with Crippen LogP contribution in [0.15, 0.2) is 54.6 Å². The zero-order chi connectivity index (χ0) is 19.0. The predicted octanol–water partition coefficient (Wildman–Crippen LogP) is 4.76. The second-order valence-corrected chi connectivity index (χ2v) is 13.5. The minimum absolute atomic E-state index is 0.00346. The van der Waals surface area contributed by atoms with Crippen LogP contribution in [0.5, 0.6) is 5.75 Å². The Hall–Kier alpha value is -2.07. The fourth-order valence-corrected chi connectivity index (χ4v) is 3.39. The van der Waals surface area contributed by atoms with Gasteiger partial charge in [0.25, 0.3) is 5.91 Å². The summed E-state index contributed by atoms with van der Waals surface area (Å²) in [6.45, 7) is 8.76. The SMILES string of the molecule is Cc1ccccc1OC(CCCc1ccccc1)C(=O)NC[Si](C)(C)C. The average molecular weight is 370 g/mol. The quantitative estimate of drug-likeness (QED) is 0.647. The van der Waals surface area contributed by atoms with Crippen LogP contribution < -0.4 is 10.1 Å². The van der Waals surface area contributed by atoms with E-state index >= 15 is 0 Å². The Balaban J connectivity index is 2.00. The van der Waals surface area contributed by atoms with Gasteiger partial charge in [0, 0.05) is 6.17 Å². The zero-order valence-corrected chi connectivity index (χ0v) is 17.4. The summed E-state index contributed by atoms with van der Waals surface area (Å²) in [5.41, 5.74) is 2.35. The monoisotopic (exact) mass is 369 g/mol. The Morgan fingerprint density at radius 3 is 2.35 bits per heavy atom. The molecule has 1 unspecified atom stereocenters. The van der Waals surface area contributed by atoms with Gasteiger partial charge in [0.15, 0.2) is 6.10 Å². The molecule has 2 rings (SSSR count). The van der Waals surface area contributed by atoms with Crippen LogP contribution in [0.3, 0.4) is 0 Å². The molecular formula is C22H31NO2Si. The van der Waals surface area contributed by atoms with Gasteiger partial charge in [0.05, 0.1) is 8.07 Å². The number of benzene rings is 2. The normalized spacial score (nSPS) is 12.5. The molecule has 0 saturated carbocycles. The number of amides is 1. The summed E-state index contributed by atoms with van der Waals surface area (Å²) in [5, 5.41) is 3.11. The first-order valence-electron chi connectivity index (χ1n) is 9.39. The number of aryl methyl sites for hydroxylation is 2. The first kappa shape index (κ1) is 20.2. The van der Waals surface area contributed by atoms with E-state index in [1.165, 1.54) is 5.56 Å². The molecular weight excluding hydrogens is 338 g/mol. The Kier molecular flexibility index (Phi) is 7.46. The second kappa shape index (κ2) is 9.58. The molecule has 0 aliphatic carbocycles. The standard InChI is InChI=1S/C22H31NO2Si/c1-18-11-8-9-15-20(18)25-21(22(24)23-17-26(2,3)4)16-10-14-19-12-6-5-7-13-19/h5-9,11-13,15,21H,10,14,16-17H2,1-4H3,(H,23,24). The first-order valence-corrected chi connectivity index (χ1v) is 13.1. The third kappa shape index (κ3) is 7.04. The van der Waals surface area contributed by atoms with Crippen molar-refractivity contribution < 1.29 is 9.53 Å². The summed E-state index contributed by atoms with van der Waals surface area (Å²) in [4.78, 5) is 12.7. The summed E-state index contributed by atoms with van der Waals surface area (Å²) >= 11 is 0. The van der Waals surface area contributed by atoms with Gasteiger partial charge in [-0.15, -0.1) is 0 Å². The van der Waals surface area contributed by atoms with E-state index in [2.05, 4.69) is 49.2 Å². The molecule has 0 spiro atoms. The van der Waals surface area contributed by atoms with E-state index in [-0.39, 0.29) is 5.91 Å². The average Bonchev–Trinajstić information content (AvgIpc) is 2.61. The Labute approximate surface area is 158 Å². The highest BCUT2D eigenvalue weighted by Crippen LogP contribution is 2.20. The number of carbonyl (C=O) groups excluding carboxylic acids is 1. The molecule has 0 heterocycles. The lowest BCUT2D eigenvalue weighted by molar-refractivity contribution is -0.128. The van der Waals surface area contributed by atoms with Crippen molar-refractivity contribution in [2.24, 2.45) is 0 Å². The van der Waals surface area contributed by atoms with E-state index in [1.54, 1.807) is 0 Å². The van der Waals surface area contributed by atoms with Crippen molar-refractivity contribution >= 4 is 14.0 Å². The molecule has 0 aliphatic heterocycles. The van der Waals surface area contributed by atoms with Crippen LogP contribution in [-0.4, -0.2) is 26.3 Å². The molecule has 2 aromatic rings. The fourth-order valence-electron chi connectivity index (χ4n) is 2.69. The molecule has 1 N–H and O–H groups in total. The summed E-state index contributed by atoms with van der Waals surface area (Å²) in [6, 6.07) is 18.3. The molecule has 3 nitrogen and oxygen atoms in total. The van der Waals surface area contributed by atoms with Crippen molar-refractivity contribution in [3.63, 3.8) is 0 Å². The Bertz CT molecular complexity index is 695.